The van der Waals surface area contributed by atoms with Crippen LogP contribution in [0.5, 0.6) is 0 Å². The first kappa shape index (κ1) is 26.1. The highest BCUT2D eigenvalue weighted by Crippen LogP contribution is 2.23. The fourth-order valence-corrected chi connectivity index (χ4v) is 4.46. The van der Waals surface area contributed by atoms with Crippen LogP contribution < -0.4 is 11.1 Å². The van der Waals surface area contributed by atoms with Crippen molar-refractivity contribution in [2.75, 3.05) is 19.6 Å². The summed E-state index contributed by atoms with van der Waals surface area (Å²) in [6.07, 6.45) is 6.93. The maximum atomic E-state index is 12.6. The molecule has 0 bridgehead atoms. The minimum Gasteiger partial charge on any atom is -0.352 e. The van der Waals surface area contributed by atoms with Crippen molar-refractivity contribution < 1.29 is 13.2 Å². The van der Waals surface area contributed by atoms with Crippen LogP contribution >= 0.6 is 24.8 Å². The molecule has 156 valence electrons. The molecule has 7 nitrogen and oxygen atoms in total. The number of hydrogen-bond donors (Lipinski definition) is 2. The van der Waals surface area contributed by atoms with Gasteiger partial charge in [-0.1, -0.05) is 19.8 Å². The zero-order chi connectivity index (χ0) is 18.3. The zero-order valence-electron chi connectivity index (χ0n) is 15.5. The number of carbonyl (C=O) groups is 1. The van der Waals surface area contributed by atoms with Crippen molar-refractivity contribution >= 4 is 40.7 Å². The number of amides is 1. The summed E-state index contributed by atoms with van der Waals surface area (Å²) >= 11 is 0. The van der Waals surface area contributed by atoms with Crippen molar-refractivity contribution in [1.29, 1.82) is 0 Å². The molecule has 3 N–H and O–H groups in total. The second-order valence-electron chi connectivity index (χ2n) is 6.45. The Bertz CT molecular complexity index is 653. The molecule has 27 heavy (non-hydrogen) atoms. The smallest absolute Gasteiger partial charge is 0.244 e. The van der Waals surface area contributed by atoms with E-state index in [1.165, 1.54) is 10.5 Å². The van der Waals surface area contributed by atoms with Gasteiger partial charge in [0.1, 0.15) is 4.90 Å². The lowest BCUT2D eigenvalue weighted by Crippen LogP contribution is -2.47. The number of rotatable bonds is 8. The van der Waals surface area contributed by atoms with Gasteiger partial charge in [-0.25, -0.2) is 8.42 Å². The predicted molar refractivity (Wildman–Crippen MR) is 111 cm³/mol. The Morgan fingerprint density at radius 1 is 1.37 bits per heavy atom. The molecule has 0 spiro atoms. The summed E-state index contributed by atoms with van der Waals surface area (Å²) < 4.78 is 26.6. The molecule has 2 rings (SSSR count). The van der Waals surface area contributed by atoms with Gasteiger partial charge in [0, 0.05) is 44.0 Å². The second kappa shape index (κ2) is 12.5. The lowest BCUT2D eigenvalue weighted by Gasteiger charge is -2.31. The van der Waals surface area contributed by atoms with Crippen LogP contribution in [0, 0.1) is 5.92 Å². The van der Waals surface area contributed by atoms with Crippen molar-refractivity contribution in [2.45, 2.75) is 50.0 Å². The van der Waals surface area contributed by atoms with Gasteiger partial charge in [0.25, 0.3) is 0 Å². The Labute approximate surface area is 174 Å². The van der Waals surface area contributed by atoms with Crippen LogP contribution in [0.4, 0.5) is 0 Å². The largest absolute Gasteiger partial charge is 0.352 e. The minimum atomic E-state index is -3.53. The summed E-state index contributed by atoms with van der Waals surface area (Å²) in [5.74, 6) is -0.166. The quantitative estimate of drug-likeness (QED) is 0.642. The number of pyridine rings is 1. The van der Waals surface area contributed by atoms with Crippen molar-refractivity contribution in [2.24, 2.45) is 11.7 Å². The zero-order valence-corrected chi connectivity index (χ0v) is 18.0. The third kappa shape index (κ3) is 7.19. The number of nitrogens with two attached hydrogens (primary N) is 1. The third-order valence-electron chi connectivity index (χ3n) is 4.63. The van der Waals surface area contributed by atoms with Crippen LogP contribution in [0.15, 0.2) is 29.4 Å². The maximum absolute atomic E-state index is 12.6. The Kier molecular flexibility index (Phi) is 12.1. The second-order valence-corrected chi connectivity index (χ2v) is 8.39. The van der Waals surface area contributed by atoms with E-state index in [9.17, 15) is 13.2 Å². The molecule has 1 saturated heterocycles. The molecule has 1 aromatic heterocycles. The highest BCUT2D eigenvalue weighted by molar-refractivity contribution is 7.89. The number of nitrogens with zero attached hydrogens (tertiary/aromatic N) is 2. The van der Waals surface area contributed by atoms with Gasteiger partial charge in [0.15, 0.2) is 0 Å². The van der Waals surface area contributed by atoms with Gasteiger partial charge in [-0.2, -0.15) is 4.31 Å². The van der Waals surface area contributed by atoms with Crippen LogP contribution in [-0.2, 0) is 14.8 Å². The van der Waals surface area contributed by atoms with Crippen molar-refractivity contribution in [3.8, 4) is 0 Å². The first-order chi connectivity index (χ1) is 12.0. The molecule has 0 saturated carbocycles. The number of sulfonamides is 1. The average Bonchev–Trinajstić information content (AvgIpc) is 2.65. The van der Waals surface area contributed by atoms with E-state index in [0.29, 0.717) is 32.5 Å². The molecular weight excluding hydrogens is 411 g/mol. The first-order valence-electron chi connectivity index (χ1n) is 8.89. The van der Waals surface area contributed by atoms with Crippen molar-refractivity contribution in [3.05, 3.63) is 24.5 Å². The molecular formula is C17H30Cl2N4O3S. The average molecular weight is 441 g/mol. The molecule has 0 aliphatic carbocycles. The summed E-state index contributed by atoms with van der Waals surface area (Å²) in [6, 6.07) is 3.15. The number of hydrogen-bond acceptors (Lipinski definition) is 5. The van der Waals surface area contributed by atoms with Crippen molar-refractivity contribution in [1.82, 2.24) is 14.6 Å². The monoisotopic (exact) mass is 440 g/mol. The maximum Gasteiger partial charge on any atom is 0.244 e. The highest BCUT2D eigenvalue weighted by Gasteiger charge is 2.32. The van der Waals surface area contributed by atoms with Gasteiger partial charge in [-0.05, 0) is 31.4 Å². The first-order valence-corrected chi connectivity index (χ1v) is 10.3. The molecule has 1 atom stereocenters. The molecule has 1 unspecified atom stereocenters. The van der Waals surface area contributed by atoms with Gasteiger partial charge < -0.3 is 11.1 Å². The summed E-state index contributed by atoms with van der Waals surface area (Å²) in [5.41, 5.74) is 5.73. The summed E-state index contributed by atoms with van der Waals surface area (Å²) in [5, 5.41) is 3.01. The van der Waals surface area contributed by atoms with E-state index in [4.69, 9.17) is 5.73 Å². The summed E-state index contributed by atoms with van der Waals surface area (Å²) in [4.78, 5) is 16.5. The molecule has 0 radical (unpaired) electrons. The van der Waals surface area contributed by atoms with Crippen LogP contribution in [0.1, 0.15) is 39.0 Å². The van der Waals surface area contributed by atoms with Gasteiger partial charge in [-0.15, -0.1) is 24.8 Å². The molecule has 1 aromatic rings. The topological polar surface area (TPSA) is 105 Å². The van der Waals surface area contributed by atoms with Crippen molar-refractivity contribution in [3.63, 3.8) is 0 Å². The van der Waals surface area contributed by atoms with Gasteiger partial charge in [-0.3, -0.25) is 9.78 Å². The predicted octanol–water partition coefficient (Wildman–Crippen LogP) is 1.96. The van der Waals surface area contributed by atoms with Gasteiger partial charge in [0.05, 0.1) is 0 Å². The van der Waals surface area contributed by atoms with E-state index in [1.807, 2.05) is 0 Å². The Morgan fingerprint density at radius 3 is 2.56 bits per heavy atom. The van der Waals surface area contributed by atoms with Crippen LogP contribution in [-0.4, -0.2) is 49.3 Å². The highest BCUT2D eigenvalue weighted by atomic mass is 35.5. The molecule has 1 aliphatic heterocycles. The van der Waals surface area contributed by atoms with E-state index in [2.05, 4.69) is 17.2 Å². The number of piperidine rings is 1. The number of aromatic nitrogens is 1. The lowest BCUT2D eigenvalue weighted by atomic mass is 9.96. The Balaban J connectivity index is 0.00000338. The standard InChI is InChI=1S/C17H28N4O3S.2ClH/c1-2-3-5-15(12-18)20-17(22)14-7-10-21(11-8-14)25(23,24)16-6-4-9-19-13-16;;/h4,6,9,13-15H,2-3,5,7-8,10-12,18H2,1H3,(H,20,22);2*1H. The number of carbonyl (C=O) groups excluding carboxylic acids is 1. The fourth-order valence-electron chi connectivity index (χ4n) is 3.03. The van der Waals surface area contributed by atoms with Crippen LogP contribution in [0.3, 0.4) is 0 Å². The fraction of sp³-hybridized carbons (Fsp3) is 0.647. The molecule has 10 heteroatoms. The SMILES string of the molecule is CCCCC(CN)NC(=O)C1CCN(S(=O)(=O)c2cccnc2)CC1.Cl.Cl. The van der Waals surface area contributed by atoms with E-state index in [0.717, 1.165) is 19.3 Å². The third-order valence-corrected chi connectivity index (χ3v) is 6.52. The lowest BCUT2D eigenvalue weighted by molar-refractivity contribution is -0.126. The van der Waals surface area contributed by atoms with E-state index in [-0.39, 0.29) is 47.6 Å². The van der Waals surface area contributed by atoms with Crippen LogP contribution in [0.2, 0.25) is 0 Å². The van der Waals surface area contributed by atoms with Gasteiger partial charge in [0.2, 0.25) is 15.9 Å². The van der Waals surface area contributed by atoms with Gasteiger partial charge >= 0.3 is 0 Å². The molecule has 2 heterocycles. The number of halogens is 2. The normalized spacial score (nSPS) is 16.7. The Morgan fingerprint density at radius 2 is 2.04 bits per heavy atom. The Hall–Kier alpha value is -0.930. The van der Waals surface area contributed by atoms with E-state index in [1.54, 1.807) is 18.3 Å². The van der Waals surface area contributed by atoms with E-state index >= 15 is 0 Å². The van der Waals surface area contributed by atoms with E-state index < -0.39 is 10.0 Å². The minimum absolute atomic E-state index is 0. The molecule has 0 aromatic carbocycles. The van der Waals surface area contributed by atoms with Crippen LogP contribution in [0.25, 0.3) is 0 Å². The molecule has 1 aliphatic rings. The molecule has 1 amide bonds. The summed E-state index contributed by atoms with van der Waals surface area (Å²) in [6.45, 7) is 3.23. The molecule has 1 fully saturated rings. The number of nitrogens with one attached hydrogen (secondary N) is 1. The number of unbranched alkanes of at least 4 members (excludes halogenated alkanes) is 1. The summed E-state index contributed by atoms with van der Waals surface area (Å²) in [7, 11) is -3.53.